The van der Waals surface area contributed by atoms with Crippen LogP contribution in [0.4, 0.5) is 5.82 Å². The van der Waals surface area contributed by atoms with Crippen LogP contribution in [0.2, 0.25) is 15.1 Å². The Morgan fingerprint density at radius 1 is 1.15 bits per heavy atom. The second kappa shape index (κ2) is 10.5. The van der Waals surface area contributed by atoms with Gasteiger partial charge in [-0.25, -0.2) is 4.68 Å². The average molecular weight is 526 g/mol. The first-order chi connectivity index (χ1) is 15.8. The van der Waals surface area contributed by atoms with Crippen LogP contribution in [0.5, 0.6) is 0 Å². The standard InChI is InChI=1S/C24H27Cl3N4OS/c1-29(2)23-19(13-28-31(23)22-20(26)11-17(25)12-21(22)27)24(33-3)30-14-16-7-5-4-6-15(16)10-18(30)8-9-32/h4-7,11-13,18,24,32H,8-10,14H2,1-3H3. The Hall–Kier alpha value is -1.41. The summed E-state index contributed by atoms with van der Waals surface area (Å²) in [5.41, 5.74) is 4.36. The molecule has 9 heteroatoms. The molecule has 2 atom stereocenters. The van der Waals surface area contributed by atoms with E-state index in [4.69, 9.17) is 39.9 Å². The average Bonchev–Trinajstić information content (AvgIpc) is 3.18. The summed E-state index contributed by atoms with van der Waals surface area (Å²) in [6, 6.07) is 12.1. The van der Waals surface area contributed by atoms with Crippen LogP contribution in [0.3, 0.4) is 0 Å². The van der Waals surface area contributed by atoms with E-state index in [2.05, 4.69) is 35.4 Å². The molecule has 1 aromatic heterocycles. The van der Waals surface area contributed by atoms with Crippen LogP contribution in [0.1, 0.15) is 28.5 Å². The maximum absolute atomic E-state index is 9.79. The molecule has 3 aromatic rings. The van der Waals surface area contributed by atoms with Gasteiger partial charge in [0.25, 0.3) is 0 Å². The van der Waals surface area contributed by atoms with Gasteiger partial charge in [-0.1, -0.05) is 59.1 Å². The van der Waals surface area contributed by atoms with Gasteiger partial charge >= 0.3 is 0 Å². The van der Waals surface area contributed by atoms with Gasteiger partial charge in [-0.2, -0.15) is 5.10 Å². The van der Waals surface area contributed by atoms with Crippen molar-refractivity contribution in [2.75, 3.05) is 31.9 Å². The van der Waals surface area contributed by atoms with Crippen molar-refractivity contribution in [1.29, 1.82) is 0 Å². The molecule has 1 N–H and O–H groups in total. The van der Waals surface area contributed by atoms with Crippen LogP contribution in [-0.2, 0) is 13.0 Å². The van der Waals surface area contributed by atoms with Gasteiger partial charge in [0.05, 0.1) is 21.6 Å². The maximum atomic E-state index is 9.79. The van der Waals surface area contributed by atoms with Gasteiger partial charge in [0.15, 0.2) is 0 Å². The lowest BCUT2D eigenvalue weighted by Crippen LogP contribution is -2.42. The van der Waals surface area contributed by atoms with Crippen molar-refractivity contribution in [2.45, 2.75) is 30.8 Å². The Morgan fingerprint density at radius 3 is 2.42 bits per heavy atom. The molecule has 176 valence electrons. The zero-order valence-corrected chi connectivity index (χ0v) is 21.9. The number of halogens is 3. The molecule has 0 fully saturated rings. The number of rotatable bonds is 7. The largest absolute Gasteiger partial charge is 0.396 e. The van der Waals surface area contributed by atoms with Crippen molar-refractivity contribution in [3.8, 4) is 5.69 Å². The summed E-state index contributed by atoms with van der Waals surface area (Å²) in [5, 5.41) is 15.9. The number of anilines is 1. The number of aliphatic hydroxyl groups is 1. The number of hydrogen-bond acceptors (Lipinski definition) is 5. The highest BCUT2D eigenvalue weighted by molar-refractivity contribution is 7.98. The molecule has 0 saturated carbocycles. The van der Waals surface area contributed by atoms with Gasteiger partial charge in [-0.05, 0) is 42.4 Å². The Balaban J connectivity index is 1.81. The normalized spacial score (nSPS) is 17.1. The quantitative estimate of drug-likeness (QED) is 0.406. The first kappa shape index (κ1) is 24.7. The molecule has 1 aliphatic heterocycles. The zero-order chi connectivity index (χ0) is 23.7. The van der Waals surface area contributed by atoms with Crippen molar-refractivity contribution in [1.82, 2.24) is 14.7 Å². The van der Waals surface area contributed by atoms with Gasteiger partial charge < -0.3 is 10.0 Å². The van der Waals surface area contributed by atoms with Gasteiger partial charge in [-0.15, -0.1) is 11.8 Å². The number of fused-ring (bicyclic) bond motifs is 1. The summed E-state index contributed by atoms with van der Waals surface area (Å²) in [6.45, 7) is 0.965. The van der Waals surface area contributed by atoms with Crippen molar-refractivity contribution in [3.05, 3.63) is 74.4 Å². The smallest absolute Gasteiger partial charge is 0.137 e. The first-order valence-corrected chi connectivity index (χ1v) is 13.1. The lowest BCUT2D eigenvalue weighted by molar-refractivity contribution is 0.126. The zero-order valence-electron chi connectivity index (χ0n) is 18.8. The van der Waals surface area contributed by atoms with E-state index < -0.39 is 0 Å². The lowest BCUT2D eigenvalue weighted by atomic mass is 9.92. The van der Waals surface area contributed by atoms with E-state index >= 15 is 0 Å². The summed E-state index contributed by atoms with van der Waals surface area (Å²) in [6.07, 6.45) is 5.63. The molecule has 2 heterocycles. The Morgan fingerprint density at radius 2 is 1.82 bits per heavy atom. The lowest BCUT2D eigenvalue weighted by Gasteiger charge is -2.41. The fourth-order valence-electron chi connectivity index (χ4n) is 4.62. The Labute approximate surface area is 214 Å². The number of thioether (sulfide) groups is 1. The summed E-state index contributed by atoms with van der Waals surface area (Å²) < 4.78 is 1.79. The molecule has 2 unspecified atom stereocenters. The van der Waals surface area contributed by atoms with E-state index in [0.29, 0.717) is 27.2 Å². The highest BCUT2D eigenvalue weighted by Gasteiger charge is 2.34. The van der Waals surface area contributed by atoms with E-state index in [1.807, 2.05) is 25.2 Å². The van der Waals surface area contributed by atoms with Gasteiger partial charge in [-0.3, -0.25) is 4.90 Å². The fourth-order valence-corrected chi connectivity index (χ4v) is 6.53. The summed E-state index contributed by atoms with van der Waals surface area (Å²) in [5.74, 6) is 0.905. The van der Waals surface area contributed by atoms with Crippen molar-refractivity contribution in [2.24, 2.45) is 0 Å². The molecule has 0 bridgehead atoms. The molecule has 1 aliphatic rings. The predicted molar refractivity (Wildman–Crippen MR) is 140 cm³/mol. The van der Waals surface area contributed by atoms with E-state index in [1.165, 1.54) is 11.1 Å². The molecule has 0 aliphatic carbocycles. The maximum Gasteiger partial charge on any atom is 0.137 e. The molecular formula is C24H27Cl3N4OS. The minimum atomic E-state index is 0.0332. The van der Waals surface area contributed by atoms with Gasteiger partial charge in [0.2, 0.25) is 0 Å². The fraction of sp³-hybridized carbons (Fsp3) is 0.375. The molecule has 0 saturated heterocycles. The van der Waals surface area contributed by atoms with E-state index in [9.17, 15) is 5.11 Å². The number of nitrogens with zero attached hydrogens (tertiary/aromatic N) is 4. The SMILES string of the molecule is CSC(c1cnn(-c2c(Cl)cc(Cl)cc2Cl)c1N(C)C)N1Cc2ccccc2CC1CCO. The van der Waals surface area contributed by atoms with Gasteiger partial charge in [0, 0.05) is 43.9 Å². The summed E-state index contributed by atoms with van der Waals surface area (Å²) in [7, 11) is 3.98. The number of aliphatic hydroxyl groups excluding tert-OH is 1. The highest BCUT2D eigenvalue weighted by atomic mass is 35.5. The number of hydrogen-bond donors (Lipinski definition) is 1. The number of benzene rings is 2. The number of aromatic nitrogens is 2. The molecule has 2 aromatic carbocycles. The van der Waals surface area contributed by atoms with E-state index in [0.717, 1.165) is 24.3 Å². The monoisotopic (exact) mass is 524 g/mol. The van der Waals surface area contributed by atoms with E-state index in [1.54, 1.807) is 28.6 Å². The third kappa shape index (κ3) is 4.88. The highest BCUT2D eigenvalue weighted by Crippen LogP contribution is 2.43. The first-order valence-electron chi connectivity index (χ1n) is 10.7. The predicted octanol–water partition coefficient (Wildman–Crippen LogP) is 6.07. The van der Waals surface area contributed by atoms with E-state index in [-0.39, 0.29) is 18.0 Å². The molecule has 0 spiro atoms. The molecule has 5 nitrogen and oxygen atoms in total. The van der Waals surface area contributed by atoms with Gasteiger partial charge in [0.1, 0.15) is 11.5 Å². The van der Waals surface area contributed by atoms with Crippen LogP contribution in [0, 0.1) is 0 Å². The van der Waals surface area contributed by atoms with Crippen LogP contribution in [0.15, 0.2) is 42.6 Å². The van der Waals surface area contributed by atoms with Crippen LogP contribution in [0.25, 0.3) is 5.69 Å². The molecule has 0 radical (unpaired) electrons. The second-order valence-electron chi connectivity index (χ2n) is 8.35. The Kier molecular flexibility index (Phi) is 7.83. The summed E-state index contributed by atoms with van der Waals surface area (Å²) >= 11 is 21.0. The molecular weight excluding hydrogens is 499 g/mol. The molecule has 4 rings (SSSR count). The third-order valence-electron chi connectivity index (χ3n) is 6.04. The minimum Gasteiger partial charge on any atom is -0.396 e. The van der Waals surface area contributed by atoms with Crippen molar-refractivity contribution >= 4 is 52.4 Å². The topological polar surface area (TPSA) is 44.5 Å². The Bertz CT molecular complexity index is 1110. The van der Waals surface area contributed by atoms with Crippen LogP contribution in [-0.4, -0.2) is 52.8 Å². The molecule has 0 amide bonds. The third-order valence-corrected chi connectivity index (χ3v) is 7.80. The summed E-state index contributed by atoms with van der Waals surface area (Å²) in [4.78, 5) is 4.51. The molecule has 33 heavy (non-hydrogen) atoms. The van der Waals surface area contributed by atoms with Crippen LogP contribution < -0.4 is 4.90 Å². The minimum absolute atomic E-state index is 0.0332. The van der Waals surface area contributed by atoms with Crippen molar-refractivity contribution < 1.29 is 5.11 Å². The van der Waals surface area contributed by atoms with Crippen LogP contribution >= 0.6 is 46.6 Å². The van der Waals surface area contributed by atoms with Crippen molar-refractivity contribution in [3.63, 3.8) is 0 Å². The second-order valence-corrected chi connectivity index (χ2v) is 10.5.